The van der Waals surface area contributed by atoms with Crippen LogP contribution in [0.4, 0.5) is 0 Å². The predicted molar refractivity (Wildman–Crippen MR) is 57.7 cm³/mol. The number of aryl methyl sites for hydroxylation is 1. The van der Waals surface area contributed by atoms with Crippen LogP contribution in [0.15, 0.2) is 5.38 Å². The predicted octanol–water partition coefficient (Wildman–Crippen LogP) is 3.13. The second-order valence-corrected chi connectivity index (χ2v) is 4.56. The number of aromatic nitrogens is 1. The molecule has 0 unspecified atom stereocenters. The smallest absolute Gasteiger partial charge is 0.398 e. The summed E-state index contributed by atoms with van der Waals surface area (Å²) in [5, 5.41) is 2.82. The lowest BCUT2D eigenvalue weighted by Gasteiger charge is -2.13. The standard InChI is InChI=1S/C8H14NO3PS/c1-4-10-13(11-5-2)12-8-6-14-7(3)9-8/h6H,4-5H2,1-3H3. The summed E-state index contributed by atoms with van der Waals surface area (Å²) in [7, 11) is -1.28. The molecule has 0 aliphatic heterocycles. The van der Waals surface area contributed by atoms with E-state index in [9.17, 15) is 0 Å². The molecule has 1 heterocycles. The maximum atomic E-state index is 5.44. The van der Waals surface area contributed by atoms with Crippen molar-refractivity contribution in [2.75, 3.05) is 13.2 Å². The first-order valence-electron chi connectivity index (χ1n) is 4.42. The summed E-state index contributed by atoms with van der Waals surface area (Å²) in [4.78, 5) is 4.17. The Kier molecular flexibility index (Phi) is 5.33. The third-order valence-corrected chi connectivity index (χ3v) is 3.26. The molecule has 0 atom stereocenters. The maximum Gasteiger partial charge on any atom is 0.398 e. The Balaban J connectivity index is 2.46. The minimum absolute atomic E-state index is 0.578. The molecular weight excluding hydrogens is 221 g/mol. The molecule has 0 radical (unpaired) electrons. The Labute approximate surface area is 89.2 Å². The Morgan fingerprint density at radius 1 is 1.36 bits per heavy atom. The summed E-state index contributed by atoms with van der Waals surface area (Å²) in [6.45, 7) is 6.90. The number of nitrogens with zero attached hydrogens (tertiary/aromatic N) is 1. The summed E-state index contributed by atoms with van der Waals surface area (Å²) in [6.07, 6.45) is 0. The lowest BCUT2D eigenvalue weighted by Crippen LogP contribution is -1.97. The highest BCUT2D eigenvalue weighted by molar-refractivity contribution is 7.42. The molecule has 1 aromatic rings. The van der Waals surface area contributed by atoms with Crippen LogP contribution in [0.3, 0.4) is 0 Å². The van der Waals surface area contributed by atoms with Gasteiger partial charge in [-0.15, -0.1) is 11.3 Å². The fourth-order valence-corrected chi connectivity index (χ4v) is 2.20. The van der Waals surface area contributed by atoms with Crippen molar-refractivity contribution >= 4 is 19.9 Å². The van der Waals surface area contributed by atoms with E-state index in [0.717, 1.165) is 5.01 Å². The van der Waals surface area contributed by atoms with E-state index in [4.69, 9.17) is 13.6 Å². The summed E-state index contributed by atoms with van der Waals surface area (Å²) in [5.74, 6) is 0.584. The highest BCUT2D eigenvalue weighted by Crippen LogP contribution is 2.40. The number of hydrogen-bond donors (Lipinski definition) is 0. The largest absolute Gasteiger partial charge is 0.407 e. The molecule has 1 rings (SSSR count). The molecule has 0 spiro atoms. The van der Waals surface area contributed by atoms with Crippen molar-refractivity contribution in [3.8, 4) is 5.88 Å². The van der Waals surface area contributed by atoms with Crippen LogP contribution in [0, 0.1) is 6.92 Å². The second-order valence-electron chi connectivity index (χ2n) is 2.36. The van der Waals surface area contributed by atoms with Gasteiger partial charge in [0.15, 0.2) is 0 Å². The Morgan fingerprint density at radius 3 is 2.43 bits per heavy atom. The second kappa shape index (κ2) is 6.30. The third kappa shape index (κ3) is 3.88. The molecule has 14 heavy (non-hydrogen) atoms. The van der Waals surface area contributed by atoms with Crippen LogP contribution < -0.4 is 4.52 Å². The van der Waals surface area contributed by atoms with Crippen LogP contribution in [-0.2, 0) is 9.05 Å². The number of rotatable bonds is 6. The molecule has 0 saturated carbocycles. The van der Waals surface area contributed by atoms with Crippen molar-refractivity contribution in [1.29, 1.82) is 0 Å². The van der Waals surface area contributed by atoms with Gasteiger partial charge < -0.3 is 13.6 Å². The van der Waals surface area contributed by atoms with Gasteiger partial charge in [0.05, 0.1) is 23.6 Å². The van der Waals surface area contributed by atoms with Gasteiger partial charge in [0, 0.05) is 0 Å². The van der Waals surface area contributed by atoms with Gasteiger partial charge in [-0.3, -0.25) is 0 Å². The van der Waals surface area contributed by atoms with E-state index in [1.165, 1.54) is 0 Å². The van der Waals surface area contributed by atoms with E-state index in [1.54, 1.807) is 11.3 Å². The van der Waals surface area contributed by atoms with E-state index < -0.39 is 8.60 Å². The van der Waals surface area contributed by atoms with Crippen LogP contribution in [0.25, 0.3) is 0 Å². The molecule has 4 nitrogen and oxygen atoms in total. The highest BCUT2D eigenvalue weighted by Gasteiger charge is 2.14. The zero-order valence-electron chi connectivity index (χ0n) is 8.52. The van der Waals surface area contributed by atoms with E-state index in [2.05, 4.69) is 4.98 Å². The molecular formula is C8H14NO3PS. The maximum absolute atomic E-state index is 5.44. The van der Waals surface area contributed by atoms with Gasteiger partial charge >= 0.3 is 8.60 Å². The van der Waals surface area contributed by atoms with Gasteiger partial charge in [0.1, 0.15) is 0 Å². The van der Waals surface area contributed by atoms with Crippen LogP contribution in [0.5, 0.6) is 5.88 Å². The molecule has 0 N–H and O–H groups in total. The van der Waals surface area contributed by atoms with Gasteiger partial charge in [0.2, 0.25) is 5.88 Å². The number of thiazole rings is 1. The molecule has 6 heteroatoms. The quantitative estimate of drug-likeness (QED) is 0.710. The van der Waals surface area contributed by atoms with Gasteiger partial charge in [0.25, 0.3) is 0 Å². The summed E-state index contributed by atoms with van der Waals surface area (Å²) < 4.78 is 16.0. The normalized spacial score (nSPS) is 10.9. The monoisotopic (exact) mass is 235 g/mol. The van der Waals surface area contributed by atoms with Crippen LogP contribution in [0.2, 0.25) is 0 Å². The molecule has 80 valence electrons. The SMILES string of the molecule is CCOP(OCC)Oc1csc(C)n1. The minimum Gasteiger partial charge on any atom is -0.407 e. The topological polar surface area (TPSA) is 40.6 Å². The molecule has 0 aromatic carbocycles. The zero-order chi connectivity index (χ0) is 10.4. The molecule has 0 amide bonds. The van der Waals surface area contributed by atoms with Gasteiger partial charge in [-0.05, 0) is 20.8 Å². The highest BCUT2D eigenvalue weighted by atomic mass is 32.1. The first kappa shape index (κ1) is 11.9. The van der Waals surface area contributed by atoms with Crippen LogP contribution >= 0.6 is 19.9 Å². The van der Waals surface area contributed by atoms with Crippen molar-refractivity contribution < 1.29 is 13.6 Å². The fraction of sp³-hybridized carbons (Fsp3) is 0.625. The van der Waals surface area contributed by atoms with Gasteiger partial charge in [-0.25, -0.2) is 4.98 Å². The number of hydrogen-bond acceptors (Lipinski definition) is 5. The van der Waals surface area contributed by atoms with Crippen molar-refractivity contribution in [2.24, 2.45) is 0 Å². The lowest BCUT2D eigenvalue weighted by molar-refractivity contribution is 0.219. The molecule has 0 aliphatic carbocycles. The van der Waals surface area contributed by atoms with Crippen molar-refractivity contribution in [3.63, 3.8) is 0 Å². The summed E-state index contributed by atoms with van der Waals surface area (Å²) >= 11 is 1.55. The van der Waals surface area contributed by atoms with Gasteiger partial charge in [-0.2, -0.15) is 0 Å². The summed E-state index contributed by atoms with van der Waals surface area (Å²) in [6, 6.07) is 0. The molecule has 1 aromatic heterocycles. The van der Waals surface area contributed by atoms with Crippen LogP contribution in [-0.4, -0.2) is 18.2 Å². The first-order valence-corrected chi connectivity index (χ1v) is 6.39. The summed E-state index contributed by atoms with van der Waals surface area (Å²) in [5.41, 5.74) is 0. The average Bonchev–Trinajstić information content (AvgIpc) is 2.52. The van der Waals surface area contributed by atoms with Crippen molar-refractivity contribution in [3.05, 3.63) is 10.4 Å². The van der Waals surface area contributed by atoms with E-state index in [0.29, 0.717) is 19.1 Å². The molecule has 0 saturated heterocycles. The molecule has 0 bridgehead atoms. The molecule has 0 fully saturated rings. The van der Waals surface area contributed by atoms with Crippen molar-refractivity contribution in [2.45, 2.75) is 20.8 Å². The Morgan fingerprint density at radius 2 is 2.00 bits per heavy atom. The Bertz CT molecular complexity index is 263. The minimum atomic E-state index is -1.28. The average molecular weight is 235 g/mol. The van der Waals surface area contributed by atoms with E-state index in [-0.39, 0.29) is 0 Å². The first-order chi connectivity index (χ1) is 6.76. The Hall–Kier alpha value is -0.220. The van der Waals surface area contributed by atoms with E-state index >= 15 is 0 Å². The lowest BCUT2D eigenvalue weighted by atomic mass is 10.8. The fourth-order valence-electron chi connectivity index (χ4n) is 0.763. The van der Waals surface area contributed by atoms with Crippen LogP contribution in [0.1, 0.15) is 18.9 Å². The van der Waals surface area contributed by atoms with E-state index in [1.807, 2.05) is 26.2 Å². The van der Waals surface area contributed by atoms with Gasteiger partial charge in [-0.1, -0.05) is 0 Å². The van der Waals surface area contributed by atoms with Crippen molar-refractivity contribution in [1.82, 2.24) is 4.98 Å². The zero-order valence-corrected chi connectivity index (χ0v) is 10.2. The molecule has 0 aliphatic rings. The third-order valence-electron chi connectivity index (χ3n) is 1.24.